The molecule has 7 heteroatoms. The van der Waals surface area contributed by atoms with E-state index in [1.807, 2.05) is 12.1 Å². The van der Waals surface area contributed by atoms with E-state index in [1.165, 1.54) is 0 Å². The Balaban J connectivity index is 1.87. The lowest BCUT2D eigenvalue weighted by molar-refractivity contribution is -0.0828. The summed E-state index contributed by atoms with van der Waals surface area (Å²) in [7, 11) is 3.44. The fourth-order valence-electron chi connectivity index (χ4n) is 2.60. The van der Waals surface area contributed by atoms with Crippen molar-refractivity contribution in [3.05, 3.63) is 24.2 Å². The lowest BCUT2D eigenvalue weighted by Crippen LogP contribution is -2.44. The fraction of sp³-hybridized carbons (Fsp3) is 0.706. The number of nitrogens with zero attached hydrogens (tertiary/aromatic N) is 1. The molecule has 2 rings (SSSR count). The van der Waals surface area contributed by atoms with Crippen molar-refractivity contribution >= 4 is 5.96 Å². The SMILES string of the molecule is COCCNC(=NCC1(OC)CCOCC1)NCCc1ccco1. The highest BCUT2D eigenvalue weighted by atomic mass is 16.5. The molecule has 1 fully saturated rings. The van der Waals surface area contributed by atoms with Gasteiger partial charge in [0, 0.05) is 59.8 Å². The minimum Gasteiger partial charge on any atom is -0.469 e. The van der Waals surface area contributed by atoms with Gasteiger partial charge in [-0.1, -0.05) is 0 Å². The van der Waals surface area contributed by atoms with Crippen LogP contribution in [0, 0.1) is 0 Å². The van der Waals surface area contributed by atoms with Gasteiger partial charge in [0.1, 0.15) is 5.76 Å². The second-order valence-electron chi connectivity index (χ2n) is 5.84. The van der Waals surface area contributed by atoms with E-state index < -0.39 is 0 Å². The number of ether oxygens (including phenoxy) is 3. The summed E-state index contributed by atoms with van der Waals surface area (Å²) in [6.07, 6.45) is 4.23. The predicted octanol–water partition coefficient (Wildman–Crippen LogP) is 1.20. The third-order valence-corrected chi connectivity index (χ3v) is 4.20. The number of hydrogen-bond acceptors (Lipinski definition) is 5. The number of guanidine groups is 1. The zero-order valence-electron chi connectivity index (χ0n) is 14.7. The molecule has 1 aliphatic heterocycles. The molecular weight excluding hydrogens is 310 g/mol. The first kappa shape index (κ1) is 18.8. The lowest BCUT2D eigenvalue weighted by Gasteiger charge is -2.34. The van der Waals surface area contributed by atoms with Crippen LogP contribution in [0.4, 0.5) is 0 Å². The summed E-state index contributed by atoms with van der Waals surface area (Å²) >= 11 is 0. The summed E-state index contributed by atoms with van der Waals surface area (Å²) < 4.78 is 21.6. The molecule has 1 saturated heterocycles. The summed E-state index contributed by atoms with van der Waals surface area (Å²) in [4.78, 5) is 4.71. The van der Waals surface area contributed by atoms with Gasteiger partial charge in [0.15, 0.2) is 5.96 Å². The second-order valence-corrected chi connectivity index (χ2v) is 5.84. The number of rotatable bonds is 9. The number of methoxy groups -OCH3 is 2. The van der Waals surface area contributed by atoms with Crippen LogP contribution in [0.3, 0.4) is 0 Å². The van der Waals surface area contributed by atoms with E-state index in [0.29, 0.717) is 19.7 Å². The van der Waals surface area contributed by atoms with Crippen molar-refractivity contribution in [1.82, 2.24) is 10.6 Å². The highest BCUT2D eigenvalue weighted by Crippen LogP contribution is 2.24. The Kier molecular flexibility index (Phi) is 8.07. The van der Waals surface area contributed by atoms with Crippen molar-refractivity contribution in [1.29, 1.82) is 0 Å². The van der Waals surface area contributed by atoms with Crippen LogP contribution >= 0.6 is 0 Å². The molecule has 1 aromatic heterocycles. The maximum Gasteiger partial charge on any atom is 0.191 e. The number of aliphatic imine (C=N–C) groups is 1. The zero-order chi connectivity index (χ0) is 17.1. The predicted molar refractivity (Wildman–Crippen MR) is 92.4 cm³/mol. The molecule has 0 spiro atoms. The first-order valence-electron chi connectivity index (χ1n) is 8.44. The maximum atomic E-state index is 5.74. The van der Waals surface area contributed by atoms with Gasteiger partial charge in [-0.15, -0.1) is 0 Å². The minimum absolute atomic E-state index is 0.227. The standard InChI is InChI=1S/C17H29N3O4/c1-21-13-9-19-16(18-8-5-15-4-3-10-24-15)20-14-17(22-2)6-11-23-12-7-17/h3-4,10H,5-9,11-14H2,1-2H3,(H2,18,19,20). The molecule has 1 aliphatic rings. The van der Waals surface area contributed by atoms with E-state index in [0.717, 1.165) is 50.7 Å². The van der Waals surface area contributed by atoms with Crippen molar-refractivity contribution in [2.24, 2.45) is 4.99 Å². The van der Waals surface area contributed by atoms with E-state index in [9.17, 15) is 0 Å². The van der Waals surface area contributed by atoms with E-state index >= 15 is 0 Å². The Morgan fingerprint density at radius 3 is 2.71 bits per heavy atom. The molecule has 0 amide bonds. The molecule has 24 heavy (non-hydrogen) atoms. The Labute approximate surface area is 143 Å². The Hall–Kier alpha value is -1.57. The van der Waals surface area contributed by atoms with Crippen LogP contribution in [-0.2, 0) is 20.6 Å². The first-order chi connectivity index (χ1) is 11.8. The van der Waals surface area contributed by atoms with Gasteiger partial charge in [-0.25, -0.2) is 0 Å². The zero-order valence-corrected chi connectivity index (χ0v) is 14.7. The minimum atomic E-state index is -0.227. The van der Waals surface area contributed by atoms with Gasteiger partial charge < -0.3 is 29.3 Å². The van der Waals surface area contributed by atoms with E-state index in [4.69, 9.17) is 23.6 Å². The van der Waals surface area contributed by atoms with Gasteiger partial charge >= 0.3 is 0 Å². The molecule has 1 aromatic rings. The summed E-state index contributed by atoms with van der Waals surface area (Å²) in [5, 5.41) is 6.61. The van der Waals surface area contributed by atoms with Crippen LogP contribution in [0.5, 0.6) is 0 Å². The Bertz CT molecular complexity index is 470. The van der Waals surface area contributed by atoms with Gasteiger partial charge in [-0.2, -0.15) is 0 Å². The third kappa shape index (κ3) is 6.14. The Morgan fingerprint density at radius 1 is 1.25 bits per heavy atom. The molecule has 0 aromatic carbocycles. The van der Waals surface area contributed by atoms with Gasteiger partial charge in [-0.05, 0) is 12.1 Å². The molecule has 2 N–H and O–H groups in total. The number of hydrogen-bond donors (Lipinski definition) is 2. The normalized spacial score (nSPS) is 17.7. The van der Waals surface area contributed by atoms with Gasteiger partial charge in [0.25, 0.3) is 0 Å². The summed E-state index contributed by atoms with van der Waals surface area (Å²) in [6, 6.07) is 3.87. The molecule has 0 aliphatic carbocycles. The molecule has 2 heterocycles. The second kappa shape index (κ2) is 10.3. The average molecular weight is 339 g/mol. The van der Waals surface area contributed by atoms with Crippen LogP contribution in [0.2, 0.25) is 0 Å². The van der Waals surface area contributed by atoms with E-state index in [2.05, 4.69) is 10.6 Å². The van der Waals surface area contributed by atoms with Crippen LogP contribution in [-0.4, -0.2) is 65.2 Å². The highest BCUT2D eigenvalue weighted by Gasteiger charge is 2.32. The number of nitrogens with one attached hydrogen (secondary N) is 2. The van der Waals surface area contributed by atoms with Crippen molar-refractivity contribution in [3.8, 4) is 0 Å². The van der Waals surface area contributed by atoms with Gasteiger partial charge in [0.05, 0.1) is 25.0 Å². The molecule has 0 unspecified atom stereocenters. The molecule has 136 valence electrons. The van der Waals surface area contributed by atoms with Crippen molar-refractivity contribution in [3.63, 3.8) is 0 Å². The maximum absolute atomic E-state index is 5.74. The third-order valence-electron chi connectivity index (χ3n) is 4.20. The smallest absolute Gasteiger partial charge is 0.191 e. The van der Waals surface area contributed by atoms with E-state index in [1.54, 1.807) is 20.5 Å². The van der Waals surface area contributed by atoms with E-state index in [-0.39, 0.29) is 5.60 Å². The summed E-state index contributed by atoms with van der Waals surface area (Å²) in [5.41, 5.74) is -0.227. The molecule has 0 radical (unpaired) electrons. The van der Waals surface area contributed by atoms with Crippen molar-refractivity contribution < 1.29 is 18.6 Å². The molecule has 7 nitrogen and oxygen atoms in total. The monoisotopic (exact) mass is 339 g/mol. The van der Waals surface area contributed by atoms with Crippen LogP contribution in [0.15, 0.2) is 27.8 Å². The molecule has 0 bridgehead atoms. The number of furan rings is 1. The van der Waals surface area contributed by atoms with Crippen LogP contribution in [0.1, 0.15) is 18.6 Å². The molecular formula is C17H29N3O4. The fourth-order valence-corrected chi connectivity index (χ4v) is 2.60. The summed E-state index contributed by atoms with van der Waals surface area (Å²) in [5.74, 6) is 1.72. The van der Waals surface area contributed by atoms with Gasteiger partial charge in [0.2, 0.25) is 0 Å². The average Bonchev–Trinajstić information content (AvgIpc) is 3.13. The highest BCUT2D eigenvalue weighted by molar-refractivity contribution is 5.79. The van der Waals surface area contributed by atoms with Crippen LogP contribution in [0.25, 0.3) is 0 Å². The lowest BCUT2D eigenvalue weighted by atomic mass is 9.94. The topological polar surface area (TPSA) is 77.2 Å². The van der Waals surface area contributed by atoms with Crippen molar-refractivity contribution in [2.75, 3.05) is 53.7 Å². The first-order valence-corrected chi connectivity index (χ1v) is 8.44. The van der Waals surface area contributed by atoms with Crippen LogP contribution < -0.4 is 10.6 Å². The largest absolute Gasteiger partial charge is 0.469 e. The van der Waals surface area contributed by atoms with Gasteiger partial charge in [-0.3, -0.25) is 4.99 Å². The quantitative estimate of drug-likeness (QED) is 0.400. The Morgan fingerprint density at radius 2 is 2.04 bits per heavy atom. The molecule has 0 saturated carbocycles. The van der Waals surface area contributed by atoms with Crippen molar-refractivity contribution in [2.45, 2.75) is 24.9 Å². The molecule has 0 atom stereocenters. The summed E-state index contributed by atoms with van der Waals surface area (Å²) in [6.45, 7) is 4.13.